The van der Waals surface area contributed by atoms with E-state index in [2.05, 4.69) is 78.9 Å². The van der Waals surface area contributed by atoms with Gasteiger partial charge in [0.25, 0.3) is 6.71 Å². The maximum atomic E-state index is 7.14. The van der Waals surface area contributed by atoms with Gasteiger partial charge in [-0.2, -0.15) is 0 Å². The fourth-order valence-corrected chi connectivity index (χ4v) is 7.64. The molecule has 0 fully saturated rings. The van der Waals surface area contributed by atoms with Gasteiger partial charge in [-0.3, -0.25) is 0 Å². The second-order valence-corrected chi connectivity index (χ2v) is 10.8. The van der Waals surface area contributed by atoms with Crippen molar-refractivity contribution in [3.05, 3.63) is 112 Å². The Hall–Kier alpha value is -4.24. The molecule has 0 amide bonds. The van der Waals surface area contributed by atoms with Gasteiger partial charge in [-0.25, -0.2) is 0 Å². The highest BCUT2D eigenvalue weighted by molar-refractivity contribution is 6.99. The molecule has 166 valence electrons. The van der Waals surface area contributed by atoms with Crippen molar-refractivity contribution in [3.8, 4) is 45.3 Å². The van der Waals surface area contributed by atoms with E-state index >= 15 is 0 Å². The van der Waals surface area contributed by atoms with Gasteiger partial charge in [0.15, 0.2) is 0 Å². The molecule has 5 aromatic carbocycles. The normalized spacial score (nSPS) is 15.3. The van der Waals surface area contributed by atoms with Crippen molar-refractivity contribution >= 4 is 23.1 Å². The number of rotatable bonds is 0. The van der Waals surface area contributed by atoms with Crippen LogP contribution in [0, 0.1) is 0 Å². The molecule has 0 saturated heterocycles. The van der Waals surface area contributed by atoms with Crippen molar-refractivity contribution < 1.29 is 9.47 Å². The number of ether oxygens (including phenoxy) is 2. The van der Waals surface area contributed by atoms with Crippen LogP contribution >= 0.6 is 0 Å². The summed E-state index contributed by atoms with van der Waals surface area (Å²) in [5, 5.41) is 0. The summed E-state index contributed by atoms with van der Waals surface area (Å²) in [7, 11) is 0. The van der Waals surface area contributed by atoms with Crippen LogP contribution in [-0.4, -0.2) is 6.71 Å². The summed E-state index contributed by atoms with van der Waals surface area (Å²) < 4.78 is 13.8. The van der Waals surface area contributed by atoms with Crippen molar-refractivity contribution in [3.63, 3.8) is 0 Å². The minimum absolute atomic E-state index is 0.162. The van der Waals surface area contributed by atoms with Gasteiger partial charge in [-0.1, -0.05) is 66.7 Å². The second-order valence-electron chi connectivity index (χ2n) is 10.8. The van der Waals surface area contributed by atoms with E-state index in [0.717, 1.165) is 42.3 Å². The highest BCUT2D eigenvalue weighted by Crippen LogP contribution is 2.51. The highest BCUT2D eigenvalue weighted by atomic mass is 16.5. The van der Waals surface area contributed by atoms with Crippen molar-refractivity contribution in [1.29, 1.82) is 0 Å². The van der Waals surface area contributed by atoms with Gasteiger partial charge < -0.3 is 9.47 Å². The summed E-state index contributed by atoms with van der Waals surface area (Å²) in [5.41, 5.74) is 17.4. The average Bonchev–Trinajstić information content (AvgIpc) is 3.47. The fraction of sp³-hybridized carbons (Fsp3) is 0.0909. The van der Waals surface area contributed by atoms with Crippen LogP contribution in [0.5, 0.6) is 23.0 Å². The van der Waals surface area contributed by atoms with E-state index in [1.165, 1.54) is 72.0 Å². The van der Waals surface area contributed by atoms with Gasteiger partial charge in [0.1, 0.15) is 23.0 Å². The number of benzene rings is 5. The lowest BCUT2D eigenvalue weighted by Crippen LogP contribution is -2.61. The zero-order valence-electron chi connectivity index (χ0n) is 19.5. The van der Waals surface area contributed by atoms with Crippen LogP contribution in [-0.2, 0) is 19.3 Å². The minimum atomic E-state index is 0.162. The molecule has 10 rings (SSSR count). The molecule has 5 aliphatic rings. The van der Waals surface area contributed by atoms with Crippen LogP contribution in [0.1, 0.15) is 33.4 Å². The maximum Gasteiger partial charge on any atom is 0.261 e. The van der Waals surface area contributed by atoms with Gasteiger partial charge in [0.05, 0.1) is 0 Å². The molecule has 0 unspecified atom stereocenters. The molecule has 0 radical (unpaired) electrons. The highest BCUT2D eigenvalue weighted by Gasteiger charge is 2.48. The maximum absolute atomic E-state index is 7.14. The number of hydrogen-bond acceptors (Lipinski definition) is 2. The van der Waals surface area contributed by atoms with Crippen molar-refractivity contribution in [1.82, 2.24) is 0 Å². The Morgan fingerprint density at radius 3 is 2.19 bits per heavy atom. The Balaban J connectivity index is 1.34. The van der Waals surface area contributed by atoms with E-state index in [0.29, 0.717) is 0 Å². The summed E-state index contributed by atoms with van der Waals surface area (Å²) in [6, 6.07) is 28.9. The molecule has 0 N–H and O–H groups in total. The number of hydrogen-bond donors (Lipinski definition) is 0. The van der Waals surface area contributed by atoms with Gasteiger partial charge >= 0.3 is 0 Å². The molecule has 0 bridgehead atoms. The van der Waals surface area contributed by atoms with E-state index in [1.807, 2.05) is 0 Å². The van der Waals surface area contributed by atoms with Crippen LogP contribution < -0.4 is 25.9 Å². The summed E-state index contributed by atoms with van der Waals surface area (Å²) in [6.45, 7) is 0.162. The fourth-order valence-electron chi connectivity index (χ4n) is 7.64. The van der Waals surface area contributed by atoms with E-state index in [-0.39, 0.29) is 6.71 Å². The van der Waals surface area contributed by atoms with Gasteiger partial charge in [0, 0.05) is 23.0 Å². The Morgan fingerprint density at radius 1 is 0.500 bits per heavy atom. The monoisotopic (exact) mass is 458 g/mol. The van der Waals surface area contributed by atoms with Crippen LogP contribution in [0.3, 0.4) is 0 Å². The largest absolute Gasteiger partial charge is 0.458 e. The van der Waals surface area contributed by atoms with Crippen LogP contribution in [0.25, 0.3) is 22.3 Å². The van der Waals surface area contributed by atoms with E-state index in [9.17, 15) is 0 Å². The summed E-state index contributed by atoms with van der Waals surface area (Å²) in [6.07, 6.45) is 2.81. The second kappa shape index (κ2) is 5.94. The third-order valence-electron chi connectivity index (χ3n) is 9.04. The molecule has 2 aliphatic carbocycles. The first-order valence-electron chi connectivity index (χ1n) is 12.9. The lowest BCUT2D eigenvalue weighted by atomic mass is 9.31. The molecule has 3 aliphatic heterocycles. The molecule has 0 saturated carbocycles. The van der Waals surface area contributed by atoms with Crippen molar-refractivity contribution in [2.24, 2.45) is 0 Å². The van der Waals surface area contributed by atoms with Gasteiger partial charge in [0.2, 0.25) is 0 Å². The zero-order chi connectivity index (χ0) is 23.1. The summed E-state index contributed by atoms with van der Waals surface area (Å²) in [5.74, 6) is 4.07. The first-order valence-corrected chi connectivity index (χ1v) is 12.9. The third kappa shape index (κ3) is 1.97. The predicted octanol–water partition coefficient (Wildman–Crippen LogP) is 5.46. The van der Waals surface area contributed by atoms with Crippen LogP contribution in [0.2, 0.25) is 0 Å². The van der Waals surface area contributed by atoms with Gasteiger partial charge in [-0.15, -0.1) is 0 Å². The number of fused-ring (bicyclic) bond motifs is 8. The molecule has 36 heavy (non-hydrogen) atoms. The Kier molecular flexibility index (Phi) is 2.98. The lowest BCUT2D eigenvalue weighted by molar-refractivity contribution is 0.461. The molecule has 0 atom stereocenters. The molecule has 0 spiro atoms. The average molecular weight is 458 g/mol. The van der Waals surface area contributed by atoms with E-state index in [4.69, 9.17) is 9.47 Å². The van der Waals surface area contributed by atoms with Crippen LogP contribution in [0.4, 0.5) is 0 Å². The smallest absolute Gasteiger partial charge is 0.261 e. The standard InChI is InChI=1S/C33H19BO2/c1-3-9-22-18(7-1)15-25-24(22)16-27-31-32(25)36-33-28-20(12-17-6-2-4-10-23(17)28)14-21-13-19-8-5-11-26(35-27)29(19)34(31)30(21)33/h1-11,14,16H,12-13,15H2. The van der Waals surface area contributed by atoms with Crippen molar-refractivity contribution in [2.45, 2.75) is 19.3 Å². The quantitative estimate of drug-likeness (QED) is 0.281. The Morgan fingerprint density at radius 2 is 1.28 bits per heavy atom. The topological polar surface area (TPSA) is 18.5 Å². The Labute approximate surface area is 209 Å². The minimum Gasteiger partial charge on any atom is -0.458 e. The first kappa shape index (κ1) is 18.1. The first-order chi connectivity index (χ1) is 17.8. The molecule has 3 heteroatoms. The van der Waals surface area contributed by atoms with E-state index in [1.54, 1.807) is 0 Å². The zero-order valence-corrected chi connectivity index (χ0v) is 19.5. The molecule has 3 heterocycles. The summed E-state index contributed by atoms with van der Waals surface area (Å²) in [4.78, 5) is 0. The summed E-state index contributed by atoms with van der Waals surface area (Å²) >= 11 is 0. The van der Waals surface area contributed by atoms with Gasteiger partial charge in [-0.05, 0) is 80.4 Å². The SMILES string of the molecule is c1ccc2c(c1)Cc1c-2cc2c3c1Oc1c4c(cc5c1-c1ccccc1C5)Cc1cccc(c1B43)O2. The Bertz CT molecular complexity index is 1880. The predicted molar refractivity (Wildman–Crippen MR) is 143 cm³/mol. The molecule has 0 aromatic heterocycles. The molecule has 2 nitrogen and oxygen atoms in total. The molecular formula is C33H19BO2. The van der Waals surface area contributed by atoms with E-state index < -0.39 is 0 Å². The lowest BCUT2D eigenvalue weighted by Gasteiger charge is -2.39. The molecule has 5 aromatic rings. The van der Waals surface area contributed by atoms with Crippen LogP contribution in [0.15, 0.2) is 78.9 Å². The van der Waals surface area contributed by atoms with Crippen molar-refractivity contribution in [2.75, 3.05) is 0 Å². The third-order valence-corrected chi connectivity index (χ3v) is 9.04. The molecular weight excluding hydrogens is 439 g/mol.